The van der Waals surface area contributed by atoms with Crippen LogP contribution in [0.25, 0.3) is 0 Å². The van der Waals surface area contributed by atoms with Crippen LogP contribution in [0.4, 0.5) is 0 Å². The first kappa shape index (κ1) is 55.1. The second-order valence-electron chi connectivity index (χ2n) is 16.0. The maximum absolute atomic E-state index is 12.7. The van der Waals surface area contributed by atoms with Gasteiger partial charge in [0.15, 0.2) is 6.10 Å². The van der Waals surface area contributed by atoms with E-state index in [9.17, 15) is 14.4 Å². The molecule has 6 heteroatoms. The lowest BCUT2D eigenvalue weighted by Gasteiger charge is -2.18. The Hall–Kier alpha value is -2.89. The van der Waals surface area contributed by atoms with Gasteiger partial charge in [0.25, 0.3) is 0 Å². The predicted molar refractivity (Wildman–Crippen MR) is 247 cm³/mol. The van der Waals surface area contributed by atoms with Crippen molar-refractivity contribution in [2.45, 2.75) is 239 Å². The number of hydrogen-bond acceptors (Lipinski definition) is 6. The van der Waals surface area contributed by atoms with E-state index in [-0.39, 0.29) is 31.1 Å². The van der Waals surface area contributed by atoms with E-state index in [0.29, 0.717) is 19.3 Å². The predicted octanol–water partition coefficient (Wildman–Crippen LogP) is 15.7. The van der Waals surface area contributed by atoms with Gasteiger partial charge in [-0.3, -0.25) is 14.4 Å². The van der Waals surface area contributed by atoms with Crippen LogP contribution in [0.1, 0.15) is 233 Å². The lowest BCUT2D eigenvalue weighted by molar-refractivity contribution is -0.167. The molecule has 0 heterocycles. The van der Waals surface area contributed by atoms with Gasteiger partial charge >= 0.3 is 17.9 Å². The maximum atomic E-state index is 12.7. The molecular formula is C52H90O6. The summed E-state index contributed by atoms with van der Waals surface area (Å²) in [6.07, 6.45) is 56.3. The summed E-state index contributed by atoms with van der Waals surface area (Å²) in [5.74, 6) is -0.916. The third-order valence-corrected chi connectivity index (χ3v) is 10.2. The van der Waals surface area contributed by atoms with Gasteiger partial charge in [-0.1, -0.05) is 191 Å². The zero-order valence-electron chi connectivity index (χ0n) is 38.0. The first-order valence-corrected chi connectivity index (χ1v) is 24.3. The average molecular weight is 811 g/mol. The fourth-order valence-electron chi connectivity index (χ4n) is 6.54. The number of unbranched alkanes of at least 4 members (excludes halogenated alkanes) is 22. The van der Waals surface area contributed by atoms with Crippen molar-refractivity contribution in [3.63, 3.8) is 0 Å². The van der Waals surface area contributed by atoms with Crippen LogP contribution < -0.4 is 0 Å². The fraction of sp³-hybridized carbons (Fsp3) is 0.750. The molecule has 0 amide bonds. The van der Waals surface area contributed by atoms with Gasteiger partial charge in [0.2, 0.25) is 0 Å². The van der Waals surface area contributed by atoms with Gasteiger partial charge in [0.05, 0.1) is 0 Å². The van der Waals surface area contributed by atoms with Crippen molar-refractivity contribution in [1.82, 2.24) is 0 Å². The Bertz CT molecular complexity index is 1070. The summed E-state index contributed by atoms with van der Waals surface area (Å²) in [5, 5.41) is 0. The molecule has 0 N–H and O–H groups in total. The van der Waals surface area contributed by atoms with Gasteiger partial charge in [-0.25, -0.2) is 0 Å². The molecule has 0 aromatic carbocycles. The zero-order valence-corrected chi connectivity index (χ0v) is 38.0. The maximum Gasteiger partial charge on any atom is 0.306 e. The standard InChI is InChI=1S/C52H90O6/c1-4-7-10-13-16-19-21-23-24-25-26-27-28-30-31-33-36-39-42-45-51(54)57-48-49(47-56-50(53)44-41-38-35-18-15-12-9-6-3)58-52(55)46-43-40-37-34-32-29-22-20-17-14-11-8-5-2/h11,14,16,19-20,22-24,26-27,49H,4-10,12-13,15,17-18,21,25,28-48H2,1-3H3/b14-11-,19-16-,22-20-,24-23-,27-26-. The van der Waals surface area contributed by atoms with Crippen LogP contribution in [0.2, 0.25) is 0 Å². The number of hydrogen-bond donors (Lipinski definition) is 0. The van der Waals surface area contributed by atoms with Gasteiger partial charge in [-0.15, -0.1) is 0 Å². The second-order valence-corrected chi connectivity index (χ2v) is 16.0. The van der Waals surface area contributed by atoms with Crippen LogP contribution in [0.3, 0.4) is 0 Å². The largest absolute Gasteiger partial charge is 0.462 e. The average Bonchev–Trinajstić information content (AvgIpc) is 3.22. The molecule has 6 nitrogen and oxygen atoms in total. The Labute approximate surface area is 358 Å². The Balaban J connectivity index is 4.33. The molecule has 0 aliphatic carbocycles. The van der Waals surface area contributed by atoms with E-state index in [2.05, 4.69) is 81.5 Å². The quantitative estimate of drug-likeness (QED) is 0.0264. The van der Waals surface area contributed by atoms with E-state index in [4.69, 9.17) is 14.2 Å². The van der Waals surface area contributed by atoms with E-state index in [1.54, 1.807) is 0 Å². The molecule has 0 spiro atoms. The second kappa shape index (κ2) is 46.8. The highest BCUT2D eigenvalue weighted by Gasteiger charge is 2.19. The lowest BCUT2D eigenvalue weighted by atomic mass is 10.1. The molecule has 0 saturated heterocycles. The van der Waals surface area contributed by atoms with Crippen molar-refractivity contribution >= 4 is 17.9 Å². The van der Waals surface area contributed by atoms with Crippen LogP contribution in [0.15, 0.2) is 60.8 Å². The molecule has 0 bridgehead atoms. The summed E-state index contributed by atoms with van der Waals surface area (Å²) in [6, 6.07) is 0. The van der Waals surface area contributed by atoms with Gasteiger partial charge in [-0.05, 0) is 83.5 Å². The number of carbonyl (C=O) groups is 3. The third-order valence-electron chi connectivity index (χ3n) is 10.2. The molecular weight excluding hydrogens is 721 g/mol. The van der Waals surface area contributed by atoms with Crippen molar-refractivity contribution in [1.29, 1.82) is 0 Å². The Morgan fingerprint density at radius 3 is 1.07 bits per heavy atom. The first-order valence-electron chi connectivity index (χ1n) is 24.3. The van der Waals surface area contributed by atoms with Crippen LogP contribution in [0.5, 0.6) is 0 Å². The van der Waals surface area contributed by atoms with Crippen LogP contribution in [0, 0.1) is 0 Å². The molecule has 58 heavy (non-hydrogen) atoms. The highest BCUT2D eigenvalue weighted by atomic mass is 16.6. The molecule has 0 aromatic heterocycles. The summed E-state index contributed by atoms with van der Waals surface area (Å²) >= 11 is 0. The summed E-state index contributed by atoms with van der Waals surface area (Å²) in [6.45, 7) is 6.49. The number of allylic oxidation sites excluding steroid dienone is 10. The van der Waals surface area contributed by atoms with Gasteiger partial charge in [0.1, 0.15) is 13.2 Å². The van der Waals surface area contributed by atoms with Crippen molar-refractivity contribution in [3.05, 3.63) is 60.8 Å². The minimum Gasteiger partial charge on any atom is -0.462 e. The smallest absolute Gasteiger partial charge is 0.306 e. The zero-order chi connectivity index (χ0) is 42.3. The van der Waals surface area contributed by atoms with Crippen LogP contribution in [-0.2, 0) is 28.6 Å². The molecule has 0 aliphatic rings. The summed E-state index contributed by atoms with van der Waals surface area (Å²) < 4.78 is 16.7. The highest BCUT2D eigenvalue weighted by molar-refractivity contribution is 5.71. The van der Waals surface area contributed by atoms with Crippen molar-refractivity contribution in [2.75, 3.05) is 13.2 Å². The SMILES string of the molecule is CCC/C=C\C/C=C\CCCCCCCC(=O)OC(COC(=O)CCCCCCCC/C=C\C/C=C\C/C=C\CCCCC)COC(=O)CCCCCCCCCC. The molecule has 0 saturated carbocycles. The Morgan fingerprint density at radius 2 is 0.655 bits per heavy atom. The molecule has 0 aliphatic heterocycles. The molecule has 0 aromatic rings. The van der Waals surface area contributed by atoms with Gasteiger partial charge in [0, 0.05) is 19.3 Å². The third kappa shape index (κ3) is 44.2. The molecule has 0 rings (SSSR count). The topological polar surface area (TPSA) is 78.9 Å². The van der Waals surface area contributed by atoms with Crippen molar-refractivity contribution in [2.24, 2.45) is 0 Å². The van der Waals surface area contributed by atoms with Gasteiger partial charge in [-0.2, -0.15) is 0 Å². The van der Waals surface area contributed by atoms with E-state index in [0.717, 1.165) is 109 Å². The lowest BCUT2D eigenvalue weighted by Crippen LogP contribution is -2.30. The monoisotopic (exact) mass is 811 g/mol. The molecule has 1 unspecified atom stereocenters. The first-order chi connectivity index (χ1) is 28.5. The van der Waals surface area contributed by atoms with Crippen LogP contribution in [-0.4, -0.2) is 37.2 Å². The van der Waals surface area contributed by atoms with E-state index < -0.39 is 6.10 Å². The normalized spacial score (nSPS) is 12.5. The number of carbonyl (C=O) groups excluding carboxylic acids is 3. The molecule has 0 radical (unpaired) electrons. The van der Waals surface area contributed by atoms with Crippen molar-refractivity contribution < 1.29 is 28.6 Å². The van der Waals surface area contributed by atoms with E-state index in [1.165, 1.54) is 83.5 Å². The molecule has 0 fully saturated rings. The highest BCUT2D eigenvalue weighted by Crippen LogP contribution is 2.13. The summed E-state index contributed by atoms with van der Waals surface area (Å²) in [4.78, 5) is 37.7. The summed E-state index contributed by atoms with van der Waals surface area (Å²) in [7, 11) is 0. The minimum atomic E-state index is -0.782. The van der Waals surface area contributed by atoms with E-state index >= 15 is 0 Å². The fourth-order valence-corrected chi connectivity index (χ4v) is 6.54. The van der Waals surface area contributed by atoms with E-state index in [1.807, 2.05) is 0 Å². The van der Waals surface area contributed by atoms with Gasteiger partial charge < -0.3 is 14.2 Å². The van der Waals surface area contributed by atoms with Crippen LogP contribution >= 0.6 is 0 Å². The minimum absolute atomic E-state index is 0.0838. The Morgan fingerprint density at radius 1 is 0.345 bits per heavy atom. The Kier molecular flexibility index (Phi) is 44.5. The summed E-state index contributed by atoms with van der Waals surface area (Å²) in [5.41, 5.74) is 0. The molecule has 1 atom stereocenters. The number of rotatable bonds is 43. The van der Waals surface area contributed by atoms with Crippen molar-refractivity contribution in [3.8, 4) is 0 Å². The number of esters is 3. The number of ether oxygens (including phenoxy) is 3. The molecule has 334 valence electrons.